The van der Waals surface area contributed by atoms with Crippen LogP contribution in [-0.4, -0.2) is 0 Å². The van der Waals surface area contributed by atoms with E-state index in [4.69, 9.17) is 0 Å². The van der Waals surface area contributed by atoms with E-state index in [2.05, 4.69) is 433 Å². The van der Waals surface area contributed by atoms with Crippen LogP contribution in [0.15, 0.2) is 364 Å². The lowest BCUT2D eigenvalue weighted by molar-refractivity contribution is 1.44. The summed E-state index contributed by atoms with van der Waals surface area (Å²) in [5.74, 6) is 0. The van der Waals surface area contributed by atoms with Crippen molar-refractivity contribution >= 4 is 0 Å². The fourth-order valence-electron chi connectivity index (χ4n) is 12.8. The summed E-state index contributed by atoms with van der Waals surface area (Å²) in [6.45, 7) is 81.4. The zero-order valence-corrected chi connectivity index (χ0v) is 89.6. The quantitative estimate of drug-likeness (QED) is 0.128. The molecule has 0 radical (unpaired) electrons. The third-order valence-electron chi connectivity index (χ3n) is 18.6. The van der Waals surface area contributed by atoms with Crippen LogP contribution in [0.2, 0.25) is 0 Å². The maximum Gasteiger partial charge on any atom is -0.0155 e. The van der Waals surface area contributed by atoms with E-state index in [0.717, 1.165) is 0 Å². The Morgan fingerprint density at radius 1 is 0.0923 bits per heavy atom. The molecular formula is C130H180. The molecule has 0 saturated heterocycles. The SMILES string of the molecule is CC.CC.CC.CC.CC.CC.CC.CC.CC.CC.CC.CC.CC.CC.CC.Cc1ccc(-c2ccc(-c3ccccc3C)cc2)cc1.Cc1ccc(-c2cccc(-c3ccccc3C)c2)cc1.Cc1cccc(-c2ccc(-c3ccccc3C)cc2)c1.Cc1cccc(-c2cccc(-c3ccccc3C)c2)c1.Cc1ccccc1-c1ccc(-c2ccccc2C)cc1. The minimum absolute atomic E-state index is 1.27. The first-order valence-corrected chi connectivity index (χ1v) is 49.9. The molecule has 15 aromatic carbocycles. The molecule has 0 nitrogen and oxygen atoms in total. The summed E-state index contributed by atoms with van der Waals surface area (Å²) < 4.78 is 0. The van der Waals surface area contributed by atoms with E-state index < -0.39 is 0 Å². The highest BCUT2D eigenvalue weighted by atomic mass is 14.1. The van der Waals surface area contributed by atoms with Gasteiger partial charge in [0.05, 0.1) is 0 Å². The van der Waals surface area contributed by atoms with Gasteiger partial charge in [-0.2, -0.15) is 0 Å². The molecule has 0 aromatic heterocycles. The van der Waals surface area contributed by atoms with Gasteiger partial charge < -0.3 is 0 Å². The summed E-state index contributed by atoms with van der Waals surface area (Å²) >= 11 is 0. The summed E-state index contributed by atoms with van der Waals surface area (Å²) in [6, 6.07) is 130. The molecule has 0 fully saturated rings. The highest BCUT2D eigenvalue weighted by Crippen LogP contribution is 2.34. The smallest absolute Gasteiger partial charge is 0.0155 e. The van der Waals surface area contributed by atoms with Crippen LogP contribution in [0.25, 0.3) is 111 Å². The van der Waals surface area contributed by atoms with E-state index in [1.165, 1.54) is 167 Å². The summed E-state index contributed by atoms with van der Waals surface area (Å²) in [5.41, 5.74) is 38.8. The highest BCUT2D eigenvalue weighted by molar-refractivity contribution is 5.79. The molecule has 0 atom stereocenters. The number of benzene rings is 15. The van der Waals surface area contributed by atoms with Crippen LogP contribution in [0.3, 0.4) is 0 Å². The Morgan fingerprint density at radius 3 is 0.431 bits per heavy atom. The number of hydrogen-bond donors (Lipinski definition) is 0. The number of hydrogen-bond acceptors (Lipinski definition) is 0. The molecule has 15 aromatic rings. The third-order valence-corrected chi connectivity index (χ3v) is 18.6. The van der Waals surface area contributed by atoms with E-state index >= 15 is 0 Å². The molecule has 0 aliphatic heterocycles. The van der Waals surface area contributed by atoms with E-state index in [1.54, 1.807) is 0 Å². The Kier molecular flexibility index (Phi) is 80.9. The van der Waals surface area contributed by atoms with Crippen molar-refractivity contribution in [3.05, 3.63) is 420 Å². The molecule has 0 spiro atoms. The summed E-state index contributed by atoms with van der Waals surface area (Å²) in [7, 11) is 0. The molecule has 0 unspecified atom stereocenters. The molecule has 0 amide bonds. The van der Waals surface area contributed by atoms with Gasteiger partial charge >= 0.3 is 0 Å². The lowest BCUT2D eigenvalue weighted by Gasteiger charge is -2.09. The number of aryl methyl sites for hydroxylation is 10. The third kappa shape index (κ3) is 45.5. The van der Waals surface area contributed by atoms with Gasteiger partial charge in [0.25, 0.3) is 0 Å². The molecule has 15 rings (SSSR count). The molecule has 700 valence electrons. The van der Waals surface area contributed by atoms with Gasteiger partial charge in [0.2, 0.25) is 0 Å². The van der Waals surface area contributed by atoms with Gasteiger partial charge in [-0.25, -0.2) is 0 Å². The van der Waals surface area contributed by atoms with Gasteiger partial charge in [0.15, 0.2) is 0 Å². The maximum atomic E-state index is 2.27. The second kappa shape index (κ2) is 82.9. The van der Waals surface area contributed by atoms with Crippen LogP contribution in [0.4, 0.5) is 0 Å². The van der Waals surface area contributed by atoms with Gasteiger partial charge in [0, 0.05) is 0 Å². The van der Waals surface area contributed by atoms with Crippen molar-refractivity contribution in [2.24, 2.45) is 0 Å². The zero-order valence-electron chi connectivity index (χ0n) is 89.6. The minimum Gasteiger partial charge on any atom is -0.0683 e. The van der Waals surface area contributed by atoms with Crippen molar-refractivity contribution in [3.8, 4) is 111 Å². The first-order chi connectivity index (χ1) is 63.7. The molecule has 130 heavy (non-hydrogen) atoms. The Balaban J connectivity index is -0.000000465. The van der Waals surface area contributed by atoms with E-state index in [0.29, 0.717) is 0 Å². The van der Waals surface area contributed by atoms with Crippen LogP contribution in [-0.2, 0) is 0 Å². The van der Waals surface area contributed by atoms with E-state index in [9.17, 15) is 0 Å². The molecule has 0 saturated carbocycles. The van der Waals surface area contributed by atoms with Crippen molar-refractivity contribution in [2.45, 2.75) is 277 Å². The van der Waals surface area contributed by atoms with Crippen LogP contribution < -0.4 is 0 Å². The van der Waals surface area contributed by atoms with Gasteiger partial charge in [-0.3, -0.25) is 0 Å². The van der Waals surface area contributed by atoms with Crippen molar-refractivity contribution in [2.75, 3.05) is 0 Å². The molecule has 0 heteroatoms. The monoisotopic (exact) mass is 1740 g/mol. The second-order valence-electron chi connectivity index (χ2n) is 26.3. The molecule has 0 N–H and O–H groups in total. The Hall–Kier alpha value is -11.7. The fourth-order valence-corrected chi connectivity index (χ4v) is 12.8. The summed E-state index contributed by atoms with van der Waals surface area (Å²) in [5, 5.41) is 0. The minimum atomic E-state index is 1.27. The van der Waals surface area contributed by atoms with Crippen molar-refractivity contribution in [1.29, 1.82) is 0 Å². The van der Waals surface area contributed by atoms with Crippen molar-refractivity contribution in [1.82, 2.24) is 0 Å². The molecular weight excluding hydrogens is 1560 g/mol. The average molecular weight is 1740 g/mol. The lowest BCUT2D eigenvalue weighted by atomic mass is 9.96. The highest BCUT2D eigenvalue weighted by Gasteiger charge is 2.10. The molecule has 0 aliphatic carbocycles. The lowest BCUT2D eigenvalue weighted by Crippen LogP contribution is -1.85. The van der Waals surface area contributed by atoms with Gasteiger partial charge in [-0.1, -0.05) is 582 Å². The molecule has 0 bridgehead atoms. The van der Waals surface area contributed by atoms with Crippen LogP contribution in [0, 0.1) is 69.2 Å². The summed E-state index contributed by atoms with van der Waals surface area (Å²) in [6.07, 6.45) is 0. The predicted octanol–water partition coefficient (Wildman–Crippen LogP) is 43.6. The molecule has 0 heterocycles. The first kappa shape index (κ1) is 127. The van der Waals surface area contributed by atoms with Crippen LogP contribution in [0.5, 0.6) is 0 Å². The topological polar surface area (TPSA) is 0 Å². The average Bonchev–Trinajstić information content (AvgIpc) is 0.838. The first-order valence-electron chi connectivity index (χ1n) is 49.9. The molecule has 0 aliphatic rings. The van der Waals surface area contributed by atoms with Crippen LogP contribution >= 0.6 is 0 Å². The van der Waals surface area contributed by atoms with Gasteiger partial charge in [-0.15, -0.1) is 0 Å². The van der Waals surface area contributed by atoms with E-state index in [-0.39, 0.29) is 0 Å². The van der Waals surface area contributed by atoms with E-state index in [1.807, 2.05) is 208 Å². The van der Waals surface area contributed by atoms with Gasteiger partial charge in [0.1, 0.15) is 0 Å². The fraction of sp³-hybridized carbons (Fsp3) is 0.308. The largest absolute Gasteiger partial charge is 0.0683 e. The van der Waals surface area contributed by atoms with Gasteiger partial charge in [-0.05, 0) is 226 Å². The number of rotatable bonds is 10. The maximum absolute atomic E-state index is 2.27. The standard InChI is InChI=1S/5C20H18.15C2H6/c1-15-7-3-5-9-19(15)17-11-13-18(14-12-17)20-10-6-4-8-16(20)2;1-15-7-5-9-17(13-15)18-10-6-11-19(14-18)20-12-4-3-8-16(20)2;1-15-6-5-8-19(14-15)17-10-12-18(13-11-17)20-9-4-3-7-16(20)2;1-15-10-12-17(13-11-15)18-7-5-8-19(14-18)20-9-4-3-6-16(20)2;1-15-7-9-17(10-8-15)18-11-13-19(14-12-18)20-6-4-3-5-16(20)2;15*1-2/h5*3-14H,1-2H3;15*1-2H3. The summed E-state index contributed by atoms with van der Waals surface area (Å²) in [4.78, 5) is 0. The normalized spacial score (nSPS) is 8.77. The van der Waals surface area contributed by atoms with Crippen molar-refractivity contribution < 1.29 is 0 Å². The van der Waals surface area contributed by atoms with Crippen molar-refractivity contribution in [3.63, 3.8) is 0 Å². The second-order valence-corrected chi connectivity index (χ2v) is 26.3. The Labute approximate surface area is 802 Å². The zero-order chi connectivity index (χ0) is 99.7. The predicted molar refractivity (Wildman–Crippen MR) is 604 cm³/mol. The Morgan fingerprint density at radius 2 is 0.231 bits per heavy atom. The Bertz CT molecular complexity index is 5060. The van der Waals surface area contributed by atoms with Crippen LogP contribution in [0.1, 0.15) is 263 Å².